The van der Waals surface area contributed by atoms with E-state index in [1.165, 1.54) is 13.2 Å². The molecule has 0 saturated carbocycles. The summed E-state index contributed by atoms with van der Waals surface area (Å²) in [6.07, 6.45) is 4.79. The highest BCUT2D eigenvalue weighted by atomic mass is 35.5. The van der Waals surface area contributed by atoms with Crippen molar-refractivity contribution in [3.8, 4) is 17.0 Å². The molecular formula is C18H17ClN4O3. The third-order valence-corrected chi connectivity index (χ3v) is 4.18. The van der Waals surface area contributed by atoms with Crippen LogP contribution in [0.15, 0.2) is 41.5 Å². The minimum absolute atomic E-state index is 0. The van der Waals surface area contributed by atoms with E-state index >= 15 is 0 Å². The summed E-state index contributed by atoms with van der Waals surface area (Å²) in [5.74, 6) is 1.65. The van der Waals surface area contributed by atoms with Gasteiger partial charge < -0.3 is 19.7 Å². The lowest BCUT2D eigenvalue weighted by Crippen LogP contribution is -2.12. The lowest BCUT2D eigenvalue weighted by molar-refractivity contribution is 0.411. The summed E-state index contributed by atoms with van der Waals surface area (Å²) < 4.78 is 7.23. The van der Waals surface area contributed by atoms with E-state index in [0.717, 1.165) is 17.9 Å². The third kappa shape index (κ3) is 2.86. The predicted octanol–water partition coefficient (Wildman–Crippen LogP) is 2.66. The summed E-state index contributed by atoms with van der Waals surface area (Å²) in [6, 6.07) is 6.73. The van der Waals surface area contributed by atoms with Crippen LogP contribution < -0.4 is 15.5 Å². The van der Waals surface area contributed by atoms with Crippen LogP contribution in [0.25, 0.3) is 23.1 Å². The van der Waals surface area contributed by atoms with Crippen molar-refractivity contribution < 1.29 is 9.84 Å². The van der Waals surface area contributed by atoms with E-state index in [0.29, 0.717) is 23.6 Å². The summed E-state index contributed by atoms with van der Waals surface area (Å²) in [5, 5.41) is 13.7. The number of aromatic nitrogens is 3. The highest BCUT2D eigenvalue weighted by Crippen LogP contribution is 2.36. The first-order valence-corrected chi connectivity index (χ1v) is 7.85. The zero-order valence-electron chi connectivity index (χ0n) is 14.0. The van der Waals surface area contributed by atoms with E-state index in [1.807, 2.05) is 4.57 Å². The van der Waals surface area contributed by atoms with Gasteiger partial charge in [-0.1, -0.05) is 0 Å². The van der Waals surface area contributed by atoms with Crippen molar-refractivity contribution in [2.24, 2.45) is 0 Å². The fourth-order valence-electron chi connectivity index (χ4n) is 3.02. The molecule has 2 N–H and O–H groups in total. The summed E-state index contributed by atoms with van der Waals surface area (Å²) >= 11 is 0. The summed E-state index contributed by atoms with van der Waals surface area (Å²) in [4.78, 5) is 20.6. The lowest BCUT2D eigenvalue weighted by atomic mass is 10.1. The molecule has 7 nitrogen and oxygen atoms in total. The number of pyridine rings is 1. The number of halogens is 1. The van der Waals surface area contributed by atoms with Crippen LogP contribution in [0.3, 0.4) is 0 Å². The maximum absolute atomic E-state index is 12.1. The Hall–Kier alpha value is -3.06. The van der Waals surface area contributed by atoms with Crippen LogP contribution in [0.5, 0.6) is 5.75 Å². The van der Waals surface area contributed by atoms with Crippen LogP contribution >= 0.6 is 12.4 Å². The van der Waals surface area contributed by atoms with Gasteiger partial charge in [-0.15, -0.1) is 12.4 Å². The van der Waals surface area contributed by atoms with Crippen LogP contribution in [0.1, 0.15) is 11.4 Å². The molecule has 0 fully saturated rings. The Balaban J connectivity index is 0.00000196. The molecule has 8 heteroatoms. The number of nitrogens with one attached hydrogen (secondary N) is 1. The molecule has 0 saturated heterocycles. The van der Waals surface area contributed by atoms with Gasteiger partial charge in [-0.05, 0) is 24.3 Å². The van der Waals surface area contributed by atoms with Crippen molar-refractivity contribution in [1.29, 1.82) is 0 Å². The number of hydrogen-bond donors (Lipinski definition) is 2. The molecule has 1 aliphatic carbocycles. The van der Waals surface area contributed by atoms with Gasteiger partial charge in [-0.3, -0.25) is 9.78 Å². The number of nitrogens with zero attached hydrogens (tertiary/aromatic N) is 3. The Morgan fingerprint density at radius 3 is 2.96 bits per heavy atom. The van der Waals surface area contributed by atoms with Crippen molar-refractivity contribution in [1.82, 2.24) is 14.5 Å². The van der Waals surface area contributed by atoms with E-state index in [4.69, 9.17) is 4.74 Å². The maximum Gasteiger partial charge on any atom is 0.222 e. The number of hydrogen-bond acceptors (Lipinski definition) is 6. The molecule has 4 rings (SSSR count). The molecule has 0 unspecified atom stereocenters. The first-order chi connectivity index (χ1) is 12.2. The fraction of sp³-hybridized carbons (Fsp3) is 0.167. The first kappa shape index (κ1) is 17.8. The number of methoxy groups -OCH3 is 1. The van der Waals surface area contributed by atoms with Gasteiger partial charge in [0.05, 0.1) is 7.11 Å². The Morgan fingerprint density at radius 1 is 1.38 bits per heavy atom. The second-order valence-corrected chi connectivity index (χ2v) is 5.66. The molecule has 0 spiro atoms. The van der Waals surface area contributed by atoms with Crippen LogP contribution in [0.4, 0.5) is 5.82 Å². The molecule has 1 aromatic heterocycles. The van der Waals surface area contributed by atoms with Crippen LogP contribution in [-0.2, 0) is 6.54 Å². The maximum atomic E-state index is 12.1. The molecule has 134 valence electrons. The van der Waals surface area contributed by atoms with Crippen molar-refractivity contribution in [3.05, 3.63) is 58.3 Å². The van der Waals surface area contributed by atoms with Crippen molar-refractivity contribution in [2.75, 3.05) is 19.0 Å². The number of ether oxygens (including phenoxy) is 1. The second-order valence-electron chi connectivity index (χ2n) is 5.66. The van der Waals surface area contributed by atoms with Gasteiger partial charge >= 0.3 is 0 Å². The molecule has 26 heavy (non-hydrogen) atoms. The molecule has 0 bridgehead atoms. The van der Waals surface area contributed by atoms with Crippen LogP contribution in [-0.4, -0.2) is 33.3 Å². The summed E-state index contributed by atoms with van der Waals surface area (Å²) in [6.45, 7) is 1.46. The quantitative estimate of drug-likeness (QED) is 0.687. The van der Waals surface area contributed by atoms with Crippen molar-refractivity contribution in [3.63, 3.8) is 0 Å². The molecule has 0 radical (unpaired) electrons. The van der Waals surface area contributed by atoms with E-state index in [2.05, 4.69) is 15.3 Å². The number of aliphatic hydroxyl groups is 1. The SMILES string of the molecule is COc1c2nc(C=C(O)c3cccnc3)n3c(c-2ccc1=O)NCC3.Cl. The highest BCUT2D eigenvalue weighted by molar-refractivity contribution is 5.85. The average Bonchev–Trinajstić information content (AvgIpc) is 3.12. The van der Waals surface area contributed by atoms with E-state index in [-0.39, 0.29) is 29.3 Å². The van der Waals surface area contributed by atoms with E-state index < -0.39 is 0 Å². The molecule has 2 aliphatic heterocycles. The summed E-state index contributed by atoms with van der Waals surface area (Å²) in [5.41, 5.74) is 1.65. The minimum atomic E-state index is -0.225. The van der Waals surface area contributed by atoms with Gasteiger partial charge in [0.15, 0.2) is 5.75 Å². The molecule has 1 aromatic rings. The predicted molar refractivity (Wildman–Crippen MR) is 102 cm³/mol. The normalized spacial score (nSPS) is 13.0. The second kappa shape index (κ2) is 7.05. The zero-order valence-corrected chi connectivity index (χ0v) is 14.8. The summed E-state index contributed by atoms with van der Waals surface area (Å²) in [7, 11) is 1.45. The van der Waals surface area contributed by atoms with Crippen LogP contribution in [0, 0.1) is 0 Å². The standard InChI is InChI=1S/C18H16N4O3.ClH/c1-25-17-13(23)5-4-12-16(17)21-15(22-8-7-20-18(12)22)9-14(24)11-3-2-6-19-10-11;/h2-6,9-10,20,24H,7-8H2,1H3;1H. The molecule has 3 heterocycles. The average molecular weight is 373 g/mol. The first-order valence-electron chi connectivity index (χ1n) is 7.85. The Labute approximate surface area is 155 Å². The van der Waals surface area contributed by atoms with Gasteiger partial charge in [0.1, 0.15) is 23.1 Å². The van der Waals surface area contributed by atoms with E-state index in [1.54, 1.807) is 36.7 Å². The minimum Gasteiger partial charge on any atom is -0.507 e. The molecule has 0 aromatic carbocycles. The Bertz CT molecular complexity index is 1000. The molecule has 3 aliphatic rings. The van der Waals surface area contributed by atoms with Gasteiger partial charge in [-0.25, -0.2) is 4.98 Å². The van der Waals surface area contributed by atoms with Gasteiger partial charge in [0.25, 0.3) is 0 Å². The lowest BCUT2D eigenvalue weighted by Gasteiger charge is -2.17. The van der Waals surface area contributed by atoms with Gasteiger partial charge in [-0.2, -0.15) is 0 Å². The number of anilines is 1. The smallest absolute Gasteiger partial charge is 0.222 e. The van der Waals surface area contributed by atoms with E-state index in [9.17, 15) is 9.90 Å². The topological polar surface area (TPSA) is 89.3 Å². The largest absolute Gasteiger partial charge is 0.507 e. The number of benzene rings is 1. The highest BCUT2D eigenvalue weighted by Gasteiger charge is 2.24. The number of aliphatic hydroxyl groups excluding tert-OH is 1. The monoisotopic (exact) mass is 372 g/mol. The number of rotatable bonds is 3. The van der Waals surface area contributed by atoms with Gasteiger partial charge in [0, 0.05) is 42.7 Å². The Morgan fingerprint density at radius 2 is 2.23 bits per heavy atom. The third-order valence-electron chi connectivity index (χ3n) is 4.18. The molecule has 0 atom stereocenters. The molecule has 0 amide bonds. The van der Waals surface area contributed by atoms with Gasteiger partial charge in [0.2, 0.25) is 5.43 Å². The number of fused-ring (bicyclic) bond motifs is 3. The van der Waals surface area contributed by atoms with Crippen molar-refractivity contribution in [2.45, 2.75) is 6.54 Å². The van der Waals surface area contributed by atoms with Crippen LogP contribution in [0.2, 0.25) is 0 Å². The molecular weight excluding hydrogens is 356 g/mol. The zero-order chi connectivity index (χ0) is 17.4. The van der Waals surface area contributed by atoms with Crippen molar-refractivity contribution >= 4 is 30.1 Å². The Kier molecular flexibility index (Phi) is 4.81. The fourth-order valence-corrected chi connectivity index (χ4v) is 3.02.